The van der Waals surface area contributed by atoms with Crippen LogP contribution in [0.15, 0.2) is 0 Å². The highest BCUT2D eigenvalue weighted by molar-refractivity contribution is 4.55. The third-order valence-corrected chi connectivity index (χ3v) is 0.268. The minimum absolute atomic E-state index is 1.04. The Morgan fingerprint density at radius 3 is 2.83 bits per heavy atom. The molecular weight excluding hydrogens is 76.1 g/mol. The highest BCUT2D eigenvalue weighted by Crippen LogP contribution is 2.09. The van der Waals surface area contributed by atoms with Crippen molar-refractivity contribution in [1.29, 1.82) is 0 Å². The van der Waals surface area contributed by atoms with Gasteiger partial charge in [-0.05, 0) is 5.41 Å². The summed E-state index contributed by atoms with van der Waals surface area (Å²) in [5.41, 5.74) is -2.01. The highest BCUT2D eigenvalue weighted by Gasteiger charge is 2.05. The van der Waals surface area contributed by atoms with Gasteiger partial charge in [-0.25, -0.2) is 0 Å². The van der Waals surface area contributed by atoms with Gasteiger partial charge in [0.15, 0.2) is 0 Å². The maximum atomic E-state index is 8.84. The minimum Gasteiger partial charge on any atom is -0.396 e. The van der Waals surface area contributed by atoms with E-state index in [1.807, 2.05) is 0 Å². The second-order valence-electron chi connectivity index (χ2n) is 1.41. The summed E-state index contributed by atoms with van der Waals surface area (Å²) in [5, 5.41) is 8.84. The van der Waals surface area contributed by atoms with Crippen LogP contribution in [0, 0.1) is 5.41 Å². The summed E-state index contributed by atoms with van der Waals surface area (Å²) < 4.78 is 41.6. The van der Waals surface area contributed by atoms with Crippen LogP contribution in [-0.4, -0.2) is 11.7 Å². The zero-order chi connectivity index (χ0) is 10.2. The monoisotopic (exact) mass is 94.1 g/mol. The molecule has 0 aliphatic carbocycles. The third-order valence-electron chi connectivity index (χ3n) is 0.268. The largest absolute Gasteiger partial charge is 0.396 e. The summed E-state index contributed by atoms with van der Waals surface area (Å²) in [6, 6.07) is 0. The Hall–Kier alpha value is -0.0400. The number of aliphatic hydroxyl groups excluding tert-OH is 1. The van der Waals surface area contributed by atoms with E-state index < -0.39 is 25.7 Å². The average molecular weight is 94.2 g/mol. The molecule has 1 heteroatoms. The minimum atomic E-state index is -2.66. The van der Waals surface area contributed by atoms with Gasteiger partial charge in [0.25, 0.3) is 0 Å². The van der Waals surface area contributed by atoms with Crippen molar-refractivity contribution in [3.8, 4) is 0 Å². The molecule has 2 atom stereocenters. The molecule has 0 heterocycles. The summed E-state index contributed by atoms with van der Waals surface area (Å²) in [7, 11) is 0. The molecule has 38 valence electrons. The summed E-state index contributed by atoms with van der Waals surface area (Å²) >= 11 is 0. The van der Waals surface area contributed by atoms with Crippen LogP contribution in [0.4, 0.5) is 0 Å². The summed E-state index contributed by atoms with van der Waals surface area (Å²) in [4.78, 5) is 0. The molecule has 1 unspecified atom stereocenters. The van der Waals surface area contributed by atoms with Crippen molar-refractivity contribution in [2.75, 3.05) is 6.58 Å². The van der Waals surface area contributed by atoms with E-state index >= 15 is 0 Å². The molecule has 0 aliphatic rings. The second-order valence-corrected chi connectivity index (χ2v) is 1.41. The van der Waals surface area contributed by atoms with Crippen molar-refractivity contribution in [2.24, 2.45) is 5.41 Å². The van der Waals surface area contributed by atoms with Crippen LogP contribution in [0.2, 0.25) is 0 Å². The zero-order valence-electron chi connectivity index (χ0n) is 9.60. The van der Waals surface area contributed by atoms with Crippen molar-refractivity contribution in [3.63, 3.8) is 0 Å². The first kappa shape index (κ1) is 1.22. The van der Waals surface area contributed by atoms with E-state index in [1.165, 1.54) is 0 Å². The quantitative estimate of drug-likeness (QED) is 0.475. The summed E-state index contributed by atoms with van der Waals surface area (Å²) in [6.07, 6.45) is 0. The number of hydrogen-bond acceptors (Lipinski definition) is 1. The lowest BCUT2D eigenvalue weighted by atomic mass is 9.99. The zero-order valence-corrected chi connectivity index (χ0v) is 3.60. The molecule has 0 aromatic heterocycles. The molecule has 1 N–H and O–H groups in total. The van der Waals surface area contributed by atoms with E-state index in [2.05, 4.69) is 0 Å². The van der Waals surface area contributed by atoms with Crippen molar-refractivity contribution in [1.82, 2.24) is 0 Å². The van der Waals surface area contributed by atoms with Gasteiger partial charge < -0.3 is 5.11 Å². The fourth-order valence-electron chi connectivity index (χ4n) is 0. The number of aliphatic hydroxyl groups is 1. The van der Waals surface area contributed by atoms with E-state index in [4.69, 9.17) is 13.3 Å². The SMILES string of the molecule is [2H]C([2H])[C@@](C)(C([2H])O)C([2H])([2H])[2H]. The van der Waals surface area contributed by atoms with Crippen molar-refractivity contribution >= 4 is 0 Å². The van der Waals surface area contributed by atoms with Gasteiger partial charge in [-0.3, -0.25) is 0 Å². The molecule has 6 heavy (non-hydrogen) atoms. The molecule has 0 saturated carbocycles. The Morgan fingerprint density at radius 1 is 2.17 bits per heavy atom. The summed E-state index contributed by atoms with van der Waals surface area (Å²) in [5.74, 6) is 0. The van der Waals surface area contributed by atoms with Crippen LogP contribution in [0.1, 0.15) is 28.9 Å². The van der Waals surface area contributed by atoms with Gasteiger partial charge in [0, 0.05) is 13.4 Å². The summed E-state index contributed by atoms with van der Waals surface area (Å²) in [6.45, 7) is -5.31. The van der Waals surface area contributed by atoms with Crippen LogP contribution < -0.4 is 0 Å². The molecule has 0 fully saturated rings. The third kappa shape index (κ3) is 3.96. The predicted molar refractivity (Wildman–Crippen MR) is 26.5 cm³/mol. The van der Waals surface area contributed by atoms with E-state index in [0.717, 1.165) is 6.92 Å². The van der Waals surface area contributed by atoms with Crippen LogP contribution in [0.25, 0.3) is 0 Å². The van der Waals surface area contributed by atoms with Crippen molar-refractivity contribution in [2.45, 2.75) is 20.7 Å². The second kappa shape index (κ2) is 1.61. The van der Waals surface area contributed by atoms with Crippen molar-refractivity contribution < 1.29 is 13.3 Å². The van der Waals surface area contributed by atoms with Gasteiger partial charge in [0.1, 0.15) is 0 Å². The Kier molecular flexibility index (Phi) is 0.327. The maximum absolute atomic E-state index is 8.84. The molecule has 0 radical (unpaired) electrons. The lowest BCUT2D eigenvalue weighted by Gasteiger charge is -2.11. The van der Waals surface area contributed by atoms with Gasteiger partial charge in [0.05, 0.1) is 1.37 Å². The van der Waals surface area contributed by atoms with Crippen LogP contribution in [-0.2, 0) is 0 Å². The smallest absolute Gasteiger partial charge is 0.0569 e. The van der Waals surface area contributed by atoms with Crippen LogP contribution >= 0.6 is 0 Å². The Labute approximate surface area is 47.4 Å². The van der Waals surface area contributed by atoms with Gasteiger partial charge in [-0.15, -0.1) is 0 Å². The van der Waals surface area contributed by atoms with E-state index in [-0.39, 0.29) is 0 Å². The van der Waals surface area contributed by atoms with Crippen LogP contribution in [0.5, 0.6) is 0 Å². The highest BCUT2D eigenvalue weighted by atomic mass is 16.3. The number of rotatable bonds is 0. The molecule has 0 rings (SSSR count). The molecule has 0 saturated heterocycles. The van der Waals surface area contributed by atoms with Gasteiger partial charge in [0.2, 0.25) is 0 Å². The molecule has 0 aromatic rings. The Morgan fingerprint density at radius 2 is 2.83 bits per heavy atom. The van der Waals surface area contributed by atoms with Gasteiger partial charge >= 0.3 is 0 Å². The lowest BCUT2D eigenvalue weighted by Crippen LogP contribution is -2.09. The predicted octanol–water partition coefficient (Wildman–Crippen LogP) is 1.02. The average Bonchev–Trinajstić information content (AvgIpc) is 1.82. The first-order valence-corrected chi connectivity index (χ1v) is 1.59. The fraction of sp³-hybridized carbons (Fsp3) is 1.00. The maximum Gasteiger partial charge on any atom is 0.0569 e. The van der Waals surface area contributed by atoms with Gasteiger partial charge in [-0.2, -0.15) is 0 Å². The molecule has 0 aliphatic heterocycles. The molecule has 0 spiro atoms. The van der Waals surface area contributed by atoms with E-state index in [9.17, 15) is 0 Å². The first-order valence-electron chi connectivity index (χ1n) is 4.82. The van der Waals surface area contributed by atoms with E-state index in [0.29, 0.717) is 0 Å². The molecular formula is C5H12O. The van der Waals surface area contributed by atoms with Crippen LogP contribution in [0.3, 0.4) is 0 Å². The Bertz CT molecular complexity index is 143. The standard InChI is InChI=1S/C5H12O/c1-5(2,3)4-6/h6H,4H2,1-3H3/i1D2,2D3,4D/t4?,5-/m1/s1. The first-order chi connectivity index (χ1) is 5.14. The van der Waals surface area contributed by atoms with Gasteiger partial charge in [-0.1, -0.05) is 20.7 Å². The number of hydrogen-bond donors (Lipinski definition) is 1. The molecule has 0 amide bonds. The molecule has 1 nitrogen and oxygen atoms in total. The molecule has 0 bridgehead atoms. The van der Waals surface area contributed by atoms with E-state index in [1.54, 1.807) is 0 Å². The normalized spacial score (nSPS) is 42.5. The fourth-order valence-corrected chi connectivity index (χ4v) is 0. The molecule has 0 aromatic carbocycles. The van der Waals surface area contributed by atoms with Crippen molar-refractivity contribution in [3.05, 3.63) is 0 Å². The topological polar surface area (TPSA) is 20.2 Å². The lowest BCUT2D eigenvalue weighted by molar-refractivity contribution is 0.177. The Balaban J connectivity index is 4.89.